The first-order valence-corrected chi connectivity index (χ1v) is 6.49. The number of hydrogen-bond donors (Lipinski definition) is 1. The maximum Gasteiger partial charge on any atom is 0.329 e. The first kappa shape index (κ1) is 15.6. The SMILES string of the molecule is COc1cccc(OC)c1C(=O)NC1CN(OC(C)=O)C1=O. The van der Waals surface area contributed by atoms with E-state index in [1.54, 1.807) is 18.2 Å². The molecule has 1 atom stereocenters. The van der Waals surface area contributed by atoms with Crippen molar-refractivity contribution in [3.63, 3.8) is 0 Å². The van der Waals surface area contributed by atoms with Gasteiger partial charge in [0.1, 0.15) is 23.1 Å². The molecular weight excluding hydrogens is 292 g/mol. The molecule has 1 N–H and O–H groups in total. The van der Waals surface area contributed by atoms with Gasteiger partial charge in [-0.15, -0.1) is 0 Å². The van der Waals surface area contributed by atoms with E-state index in [1.165, 1.54) is 21.1 Å². The van der Waals surface area contributed by atoms with Crippen molar-refractivity contribution >= 4 is 17.8 Å². The highest BCUT2D eigenvalue weighted by atomic mass is 16.7. The second-order valence-electron chi connectivity index (χ2n) is 4.55. The Bertz CT molecular complexity index is 593. The zero-order chi connectivity index (χ0) is 16.3. The number of hydrogen-bond acceptors (Lipinski definition) is 6. The average molecular weight is 308 g/mol. The van der Waals surface area contributed by atoms with E-state index >= 15 is 0 Å². The normalized spacial score (nSPS) is 16.6. The highest BCUT2D eigenvalue weighted by Crippen LogP contribution is 2.28. The molecule has 2 amide bonds. The summed E-state index contributed by atoms with van der Waals surface area (Å²) in [6.45, 7) is 1.29. The van der Waals surface area contributed by atoms with E-state index < -0.39 is 23.8 Å². The first-order valence-electron chi connectivity index (χ1n) is 6.49. The van der Waals surface area contributed by atoms with Gasteiger partial charge >= 0.3 is 5.97 Å². The zero-order valence-electron chi connectivity index (χ0n) is 12.4. The molecule has 0 bridgehead atoms. The molecule has 8 nitrogen and oxygen atoms in total. The number of hydroxylamine groups is 2. The number of ether oxygens (including phenoxy) is 2. The number of nitrogens with zero attached hydrogens (tertiary/aromatic N) is 1. The van der Waals surface area contributed by atoms with Crippen LogP contribution in [0.4, 0.5) is 0 Å². The van der Waals surface area contributed by atoms with Crippen molar-refractivity contribution in [3.05, 3.63) is 23.8 Å². The fourth-order valence-electron chi connectivity index (χ4n) is 2.05. The number of nitrogens with one attached hydrogen (secondary N) is 1. The van der Waals surface area contributed by atoms with Crippen molar-refractivity contribution in [2.75, 3.05) is 20.8 Å². The predicted octanol–water partition coefficient (Wildman–Crippen LogP) is 0.122. The van der Waals surface area contributed by atoms with Gasteiger partial charge in [-0.25, -0.2) is 0 Å². The number of carbonyl (C=O) groups excluding carboxylic acids is 3. The van der Waals surface area contributed by atoms with Gasteiger partial charge in [0.15, 0.2) is 0 Å². The van der Waals surface area contributed by atoms with Gasteiger partial charge in [-0.3, -0.25) is 14.4 Å². The van der Waals surface area contributed by atoms with Crippen LogP contribution in [-0.2, 0) is 14.4 Å². The van der Waals surface area contributed by atoms with Crippen LogP contribution in [0.3, 0.4) is 0 Å². The largest absolute Gasteiger partial charge is 0.496 e. The van der Waals surface area contributed by atoms with Gasteiger partial charge in [0.2, 0.25) is 0 Å². The first-order chi connectivity index (χ1) is 10.5. The van der Waals surface area contributed by atoms with Crippen LogP contribution in [0.1, 0.15) is 17.3 Å². The number of β-lactam (4-membered cyclic amide) rings is 1. The fourth-order valence-corrected chi connectivity index (χ4v) is 2.05. The van der Waals surface area contributed by atoms with Crippen LogP contribution in [0.2, 0.25) is 0 Å². The van der Waals surface area contributed by atoms with Crippen molar-refractivity contribution in [2.24, 2.45) is 0 Å². The van der Waals surface area contributed by atoms with Crippen molar-refractivity contribution < 1.29 is 28.7 Å². The van der Waals surface area contributed by atoms with Crippen molar-refractivity contribution in [1.29, 1.82) is 0 Å². The van der Waals surface area contributed by atoms with Crippen LogP contribution in [0.25, 0.3) is 0 Å². The Morgan fingerprint density at radius 1 is 1.23 bits per heavy atom. The molecule has 0 aliphatic carbocycles. The van der Waals surface area contributed by atoms with E-state index in [0.29, 0.717) is 11.5 Å². The standard InChI is InChI=1S/C14H16N2O6/c1-8(17)22-16-7-9(14(16)19)15-13(18)12-10(20-2)5-4-6-11(12)21-3/h4-6,9H,7H2,1-3H3,(H,15,18). The van der Waals surface area contributed by atoms with Crippen molar-refractivity contribution in [1.82, 2.24) is 10.4 Å². The van der Waals surface area contributed by atoms with Crippen LogP contribution in [0.15, 0.2) is 18.2 Å². The summed E-state index contributed by atoms with van der Waals surface area (Å²) in [4.78, 5) is 39.5. The molecule has 1 heterocycles. The maximum atomic E-state index is 12.3. The molecule has 1 unspecified atom stereocenters. The van der Waals surface area contributed by atoms with Crippen LogP contribution < -0.4 is 14.8 Å². The van der Waals surface area contributed by atoms with Crippen molar-refractivity contribution in [2.45, 2.75) is 13.0 Å². The summed E-state index contributed by atoms with van der Waals surface area (Å²) in [6.07, 6.45) is 0. The Balaban J connectivity index is 2.08. The fraction of sp³-hybridized carbons (Fsp3) is 0.357. The van der Waals surface area contributed by atoms with E-state index in [2.05, 4.69) is 10.2 Å². The summed E-state index contributed by atoms with van der Waals surface area (Å²) in [7, 11) is 2.87. The Hall–Kier alpha value is -2.77. The Labute approximate surface area is 126 Å². The Kier molecular flexibility index (Phi) is 4.50. The molecule has 8 heteroatoms. The highest BCUT2D eigenvalue weighted by molar-refractivity contribution is 6.03. The molecule has 22 heavy (non-hydrogen) atoms. The van der Waals surface area contributed by atoms with Gasteiger partial charge in [0, 0.05) is 6.92 Å². The van der Waals surface area contributed by atoms with Gasteiger partial charge in [-0.05, 0) is 12.1 Å². The van der Waals surface area contributed by atoms with Gasteiger partial charge < -0.3 is 19.6 Å². The molecule has 1 aliphatic rings. The Morgan fingerprint density at radius 3 is 2.27 bits per heavy atom. The van der Waals surface area contributed by atoms with Crippen LogP contribution in [-0.4, -0.2) is 49.7 Å². The molecule has 118 valence electrons. The molecule has 0 radical (unpaired) electrons. The number of amides is 2. The summed E-state index contributed by atoms with van der Waals surface area (Å²) in [5.74, 6) is -0.919. The van der Waals surface area contributed by atoms with Gasteiger partial charge in [-0.2, -0.15) is 5.06 Å². The van der Waals surface area contributed by atoms with Gasteiger partial charge in [0.05, 0.1) is 20.8 Å². The van der Waals surface area contributed by atoms with Crippen LogP contribution >= 0.6 is 0 Å². The molecule has 0 aromatic heterocycles. The van der Waals surface area contributed by atoms with E-state index in [1.807, 2.05) is 0 Å². The molecule has 1 saturated heterocycles. The summed E-state index contributed by atoms with van der Waals surface area (Å²) in [6, 6.07) is 4.17. The molecule has 0 spiro atoms. The summed E-state index contributed by atoms with van der Waals surface area (Å²) < 4.78 is 10.3. The lowest BCUT2D eigenvalue weighted by Gasteiger charge is -2.35. The minimum absolute atomic E-state index is 0.0988. The third-order valence-electron chi connectivity index (χ3n) is 3.09. The third-order valence-corrected chi connectivity index (χ3v) is 3.09. The molecule has 1 aromatic carbocycles. The topological polar surface area (TPSA) is 94.2 Å². The minimum atomic E-state index is -0.749. The highest BCUT2D eigenvalue weighted by Gasteiger charge is 2.41. The number of rotatable bonds is 5. The number of carbonyl (C=O) groups is 3. The summed E-state index contributed by atoms with van der Waals surface area (Å²) >= 11 is 0. The van der Waals surface area contributed by atoms with E-state index in [0.717, 1.165) is 5.06 Å². The maximum absolute atomic E-state index is 12.3. The zero-order valence-corrected chi connectivity index (χ0v) is 12.4. The summed E-state index contributed by atoms with van der Waals surface area (Å²) in [5.41, 5.74) is 0.200. The molecule has 1 aliphatic heterocycles. The number of benzene rings is 1. The minimum Gasteiger partial charge on any atom is -0.496 e. The molecule has 1 aromatic rings. The average Bonchev–Trinajstić information content (AvgIpc) is 2.51. The van der Waals surface area contributed by atoms with Gasteiger partial charge in [0.25, 0.3) is 11.8 Å². The van der Waals surface area contributed by atoms with Gasteiger partial charge in [-0.1, -0.05) is 6.07 Å². The van der Waals surface area contributed by atoms with E-state index in [-0.39, 0.29) is 12.1 Å². The monoisotopic (exact) mass is 308 g/mol. The summed E-state index contributed by atoms with van der Waals surface area (Å²) in [5, 5.41) is 3.45. The van der Waals surface area contributed by atoms with E-state index in [9.17, 15) is 14.4 Å². The smallest absolute Gasteiger partial charge is 0.329 e. The predicted molar refractivity (Wildman–Crippen MR) is 74.3 cm³/mol. The Morgan fingerprint density at radius 2 is 1.82 bits per heavy atom. The second kappa shape index (κ2) is 6.33. The quantitative estimate of drug-likeness (QED) is 0.777. The van der Waals surface area contributed by atoms with Crippen molar-refractivity contribution in [3.8, 4) is 11.5 Å². The molecule has 1 fully saturated rings. The lowest BCUT2D eigenvalue weighted by atomic mass is 10.1. The van der Waals surface area contributed by atoms with Crippen LogP contribution in [0, 0.1) is 0 Å². The van der Waals surface area contributed by atoms with E-state index in [4.69, 9.17) is 9.47 Å². The third kappa shape index (κ3) is 2.95. The molecule has 2 rings (SSSR count). The number of methoxy groups -OCH3 is 2. The second-order valence-corrected chi connectivity index (χ2v) is 4.55. The molecular formula is C14H16N2O6. The lowest BCUT2D eigenvalue weighted by Crippen LogP contribution is -2.63. The lowest BCUT2D eigenvalue weighted by molar-refractivity contribution is -0.214. The molecule has 0 saturated carbocycles. The van der Waals surface area contributed by atoms with Crippen LogP contribution in [0.5, 0.6) is 11.5 Å².